The van der Waals surface area contributed by atoms with Gasteiger partial charge in [-0.15, -0.1) is 13.2 Å². The maximum absolute atomic E-state index is 11.8. The zero-order chi connectivity index (χ0) is 12.8. The van der Waals surface area contributed by atoms with Crippen molar-refractivity contribution in [3.8, 4) is 0 Å². The van der Waals surface area contributed by atoms with Crippen molar-refractivity contribution < 1.29 is 0 Å². The van der Waals surface area contributed by atoms with Crippen LogP contribution < -0.4 is 10.9 Å². The number of nitrogens with zero attached hydrogens (tertiary/aromatic N) is 2. The van der Waals surface area contributed by atoms with Crippen LogP contribution in [0.4, 0.5) is 5.69 Å². The Bertz CT molecular complexity index is 467. The van der Waals surface area contributed by atoms with Gasteiger partial charge in [-0.05, 0) is 13.3 Å². The van der Waals surface area contributed by atoms with Gasteiger partial charge in [-0.3, -0.25) is 4.79 Å². The molecule has 92 valence electrons. The summed E-state index contributed by atoms with van der Waals surface area (Å²) in [5.41, 5.74) is 0.230. The average molecular weight is 254 g/mol. The highest BCUT2D eigenvalue weighted by atomic mass is 35.5. The van der Waals surface area contributed by atoms with Crippen molar-refractivity contribution in [2.45, 2.75) is 25.9 Å². The molecule has 1 heterocycles. The molecule has 1 aromatic heterocycles. The van der Waals surface area contributed by atoms with E-state index in [2.05, 4.69) is 23.6 Å². The SMILES string of the molecule is C=CCC(C)Nc1cnn(CC=C)c(=O)c1Cl. The summed E-state index contributed by atoms with van der Waals surface area (Å²) < 4.78 is 1.26. The van der Waals surface area contributed by atoms with Crippen LogP contribution in [0.15, 0.2) is 36.3 Å². The van der Waals surface area contributed by atoms with Gasteiger partial charge in [-0.25, -0.2) is 4.68 Å². The van der Waals surface area contributed by atoms with Crippen LogP contribution in [-0.2, 0) is 6.54 Å². The van der Waals surface area contributed by atoms with E-state index in [0.29, 0.717) is 12.2 Å². The molecule has 1 aromatic rings. The van der Waals surface area contributed by atoms with Crippen molar-refractivity contribution in [3.05, 3.63) is 46.9 Å². The molecule has 0 spiro atoms. The van der Waals surface area contributed by atoms with E-state index in [1.807, 2.05) is 6.92 Å². The first-order chi connectivity index (χ1) is 8.10. The summed E-state index contributed by atoms with van der Waals surface area (Å²) in [6.45, 7) is 9.54. The van der Waals surface area contributed by atoms with Crippen molar-refractivity contribution in [1.29, 1.82) is 0 Å². The monoisotopic (exact) mass is 253 g/mol. The Balaban J connectivity index is 2.96. The van der Waals surface area contributed by atoms with E-state index in [4.69, 9.17) is 11.6 Å². The van der Waals surface area contributed by atoms with Gasteiger partial charge in [0.25, 0.3) is 5.56 Å². The second kappa shape index (κ2) is 6.25. The second-order valence-electron chi connectivity index (χ2n) is 3.72. The Hall–Kier alpha value is -1.55. The molecule has 0 fully saturated rings. The Morgan fingerprint density at radius 3 is 2.88 bits per heavy atom. The maximum atomic E-state index is 11.8. The summed E-state index contributed by atoms with van der Waals surface area (Å²) in [7, 11) is 0. The van der Waals surface area contributed by atoms with E-state index in [9.17, 15) is 4.79 Å². The molecule has 0 saturated heterocycles. The van der Waals surface area contributed by atoms with E-state index in [0.717, 1.165) is 6.42 Å². The number of nitrogens with one attached hydrogen (secondary N) is 1. The summed E-state index contributed by atoms with van der Waals surface area (Å²) in [5, 5.41) is 7.27. The molecule has 0 aliphatic rings. The van der Waals surface area contributed by atoms with Crippen molar-refractivity contribution in [1.82, 2.24) is 9.78 Å². The van der Waals surface area contributed by atoms with E-state index in [-0.39, 0.29) is 16.6 Å². The maximum Gasteiger partial charge on any atom is 0.287 e. The number of aromatic nitrogens is 2. The van der Waals surface area contributed by atoms with Gasteiger partial charge in [0.05, 0.1) is 18.4 Å². The fourth-order valence-electron chi connectivity index (χ4n) is 1.39. The van der Waals surface area contributed by atoms with Crippen LogP contribution in [0.25, 0.3) is 0 Å². The van der Waals surface area contributed by atoms with Crippen molar-refractivity contribution in [2.24, 2.45) is 0 Å². The van der Waals surface area contributed by atoms with Gasteiger partial charge in [0.1, 0.15) is 5.02 Å². The molecule has 4 nitrogen and oxygen atoms in total. The topological polar surface area (TPSA) is 46.9 Å². The zero-order valence-corrected chi connectivity index (χ0v) is 10.6. The van der Waals surface area contributed by atoms with Crippen LogP contribution >= 0.6 is 11.6 Å². The molecule has 5 heteroatoms. The van der Waals surface area contributed by atoms with Crippen LogP contribution in [0.5, 0.6) is 0 Å². The van der Waals surface area contributed by atoms with E-state index in [1.54, 1.807) is 18.3 Å². The lowest BCUT2D eigenvalue weighted by Crippen LogP contribution is -2.25. The largest absolute Gasteiger partial charge is 0.380 e. The summed E-state index contributed by atoms with van der Waals surface area (Å²) in [6, 6.07) is 0.154. The van der Waals surface area contributed by atoms with Gasteiger partial charge in [0.15, 0.2) is 0 Å². The lowest BCUT2D eigenvalue weighted by atomic mass is 10.2. The lowest BCUT2D eigenvalue weighted by Gasteiger charge is -2.14. The quantitative estimate of drug-likeness (QED) is 0.793. The minimum atomic E-state index is -0.317. The van der Waals surface area contributed by atoms with Gasteiger partial charge in [-0.2, -0.15) is 5.10 Å². The first kappa shape index (κ1) is 13.5. The fourth-order valence-corrected chi connectivity index (χ4v) is 1.59. The summed E-state index contributed by atoms with van der Waals surface area (Å²) >= 11 is 5.98. The van der Waals surface area contributed by atoms with Gasteiger partial charge in [0.2, 0.25) is 0 Å². The minimum absolute atomic E-state index is 0.151. The first-order valence-corrected chi connectivity index (χ1v) is 5.72. The molecule has 0 radical (unpaired) electrons. The smallest absolute Gasteiger partial charge is 0.287 e. The van der Waals surface area contributed by atoms with Gasteiger partial charge in [0, 0.05) is 6.04 Å². The molecule has 0 aromatic carbocycles. The third kappa shape index (κ3) is 3.46. The molecule has 1 N–H and O–H groups in total. The highest BCUT2D eigenvalue weighted by Crippen LogP contribution is 2.17. The van der Waals surface area contributed by atoms with Crippen molar-refractivity contribution in [3.63, 3.8) is 0 Å². The minimum Gasteiger partial charge on any atom is -0.380 e. The normalized spacial score (nSPS) is 11.9. The molecular formula is C12H16ClN3O. The Labute approximate surface area is 106 Å². The third-order valence-electron chi connectivity index (χ3n) is 2.21. The molecule has 0 aliphatic heterocycles. The van der Waals surface area contributed by atoms with E-state index >= 15 is 0 Å². The van der Waals surface area contributed by atoms with E-state index < -0.39 is 0 Å². The molecule has 0 amide bonds. The molecule has 1 unspecified atom stereocenters. The fraction of sp³-hybridized carbons (Fsp3) is 0.333. The summed E-state index contributed by atoms with van der Waals surface area (Å²) in [5.74, 6) is 0. The molecule has 0 bridgehead atoms. The van der Waals surface area contributed by atoms with Crippen molar-refractivity contribution in [2.75, 3.05) is 5.32 Å². The first-order valence-electron chi connectivity index (χ1n) is 5.34. The number of rotatable bonds is 6. The van der Waals surface area contributed by atoms with Crippen LogP contribution in [0.1, 0.15) is 13.3 Å². The number of allylic oxidation sites excluding steroid dienone is 1. The van der Waals surface area contributed by atoms with Crippen LogP contribution in [0, 0.1) is 0 Å². The second-order valence-corrected chi connectivity index (χ2v) is 4.10. The summed E-state index contributed by atoms with van der Waals surface area (Å²) in [4.78, 5) is 11.8. The van der Waals surface area contributed by atoms with Gasteiger partial charge in [-0.1, -0.05) is 23.8 Å². The van der Waals surface area contributed by atoms with Gasteiger partial charge < -0.3 is 5.32 Å². The molecule has 0 saturated carbocycles. The van der Waals surface area contributed by atoms with E-state index in [1.165, 1.54) is 4.68 Å². The third-order valence-corrected chi connectivity index (χ3v) is 2.57. The molecular weight excluding hydrogens is 238 g/mol. The van der Waals surface area contributed by atoms with Crippen LogP contribution in [-0.4, -0.2) is 15.8 Å². The molecule has 1 rings (SSSR count). The zero-order valence-electron chi connectivity index (χ0n) is 9.82. The molecule has 0 aliphatic carbocycles. The lowest BCUT2D eigenvalue weighted by molar-refractivity contribution is 0.651. The summed E-state index contributed by atoms with van der Waals surface area (Å²) in [6.07, 6.45) is 5.73. The number of hydrogen-bond acceptors (Lipinski definition) is 3. The highest BCUT2D eigenvalue weighted by Gasteiger charge is 2.10. The van der Waals surface area contributed by atoms with Gasteiger partial charge >= 0.3 is 0 Å². The molecule has 17 heavy (non-hydrogen) atoms. The Morgan fingerprint density at radius 1 is 1.59 bits per heavy atom. The Morgan fingerprint density at radius 2 is 2.29 bits per heavy atom. The number of anilines is 1. The van der Waals surface area contributed by atoms with Crippen molar-refractivity contribution >= 4 is 17.3 Å². The predicted octanol–water partition coefficient (Wildman–Crippen LogP) is 2.46. The predicted molar refractivity (Wildman–Crippen MR) is 71.6 cm³/mol. The average Bonchev–Trinajstić information content (AvgIpc) is 2.29. The standard InChI is InChI=1S/C12H16ClN3O/c1-4-6-9(3)15-10-8-14-16(7-5-2)12(17)11(10)13/h4-5,8-9,15H,1-2,6-7H2,3H3. The highest BCUT2D eigenvalue weighted by molar-refractivity contribution is 6.32. The molecule has 1 atom stereocenters. The van der Waals surface area contributed by atoms with Crippen LogP contribution in [0.3, 0.4) is 0 Å². The van der Waals surface area contributed by atoms with Crippen LogP contribution in [0.2, 0.25) is 5.02 Å². The number of halogens is 1. The Kier molecular flexibility index (Phi) is 4.97. The number of hydrogen-bond donors (Lipinski definition) is 1.